The molecule has 0 unspecified atom stereocenters. The van der Waals surface area contributed by atoms with Crippen molar-refractivity contribution in [1.82, 2.24) is 9.97 Å². The molecule has 2 N–H and O–H groups in total. The third-order valence-corrected chi connectivity index (χ3v) is 3.14. The van der Waals surface area contributed by atoms with Crippen LogP contribution in [0.15, 0.2) is 10.9 Å². The number of hydrogen-bond acceptors (Lipinski definition) is 4. The Kier molecular flexibility index (Phi) is 6.77. The number of nitrogens with zero attached hydrogens (tertiary/aromatic N) is 1. The van der Waals surface area contributed by atoms with Crippen LogP contribution >= 0.6 is 11.8 Å². The first-order valence-corrected chi connectivity index (χ1v) is 7.42. The number of H-pyrrole nitrogens is 1. The van der Waals surface area contributed by atoms with Crippen molar-refractivity contribution in [2.75, 3.05) is 23.9 Å². The van der Waals surface area contributed by atoms with Crippen molar-refractivity contribution < 1.29 is 0 Å². The van der Waals surface area contributed by atoms with Gasteiger partial charge in [0.15, 0.2) is 0 Å². The fraction of sp³-hybridized carbons (Fsp3) is 0.667. The first-order valence-electron chi connectivity index (χ1n) is 6.03. The van der Waals surface area contributed by atoms with Gasteiger partial charge in [0.05, 0.1) is 0 Å². The van der Waals surface area contributed by atoms with E-state index in [9.17, 15) is 4.79 Å². The first kappa shape index (κ1) is 14.1. The number of aromatic nitrogens is 2. The van der Waals surface area contributed by atoms with E-state index in [0.29, 0.717) is 11.6 Å². The molecule has 1 heterocycles. The number of unbranched alkanes of at least 4 members (excludes halogenated alkanes) is 3. The van der Waals surface area contributed by atoms with Gasteiger partial charge in [0.2, 0.25) is 0 Å². The van der Waals surface area contributed by atoms with Crippen molar-refractivity contribution in [1.29, 1.82) is 0 Å². The molecule has 0 amide bonds. The number of nitrogens with one attached hydrogen (secondary N) is 2. The summed E-state index contributed by atoms with van der Waals surface area (Å²) in [5.41, 5.74) is -0.0972. The molecule has 0 bridgehead atoms. The minimum atomic E-state index is -0.0972. The van der Waals surface area contributed by atoms with E-state index < -0.39 is 0 Å². The van der Waals surface area contributed by atoms with Crippen molar-refractivity contribution in [3.63, 3.8) is 0 Å². The van der Waals surface area contributed by atoms with Gasteiger partial charge in [-0.3, -0.25) is 4.79 Å². The van der Waals surface area contributed by atoms with Crippen LogP contribution in [0.5, 0.6) is 0 Å². The Balaban J connectivity index is 2.16. The summed E-state index contributed by atoms with van der Waals surface area (Å²) >= 11 is 1.90. The maximum atomic E-state index is 11.2. The van der Waals surface area contributed by atoms with Crippen LogP contribution in [0, 0.1) is 6.92 Å². The molecule has 96 valence electrons. The Morgan fingerprint density at radius 2 is 2.12 bits per heavy atom. The van der Waals surface area contributed by atoms with Crippen LogP contribution in [0.1, 0.15) is 31.5 Å². The van der Waals surface area contributed by atoms with Crippen LogP contribution in [0.3, 0.4) is 0 Å². The van der Waals surface area contributed by atoms with Gasteiger partial charge in [-0.25, -0.2) is 4.98 Å². The molecule has 4 nitrogen and oxygen atoms in total. The zero-order chi connectivity index (χ0) is 12.5. The average molecular weight is 255 g/mol. The van der Waals surface area contributed by atoms with Crippen LogP contribution in [0.4, 0.5) is 5.82 Å². The molecule has 0 radical (unpaired) electrons. The molecular weight excluding hydrogens is 234 g/mol. The highest BCUT2D eigenvalue weighted by molar-refractivity contribution is 7.98. The summed E-state index contributed by atoms with van der Waals surface area (Å²) < 4.78 is 0. The molecule has 0 fully saturated rings. The predicted octanol–water partition coefficient (Wildman–Crippen LogP) is 2.41. The zero-order valence-electron chi connectivity index (χ0n) is 10.6. The van der Waals surface area contributed by atoms with Crippen LogP contribution < -0.4 is 10.9 Å². The second kappa shape index (κ2) is 8.17. The summed E-state index contributed by atoms with van der Waals surface area (Å²) in [6.45, 7) is 2.67. The molecule has 0 aliphatic rings. The molecule has 1 aromatic rings. The molecule has 17 heavy (non-hydrogen) atoms. The van der Waals surface area contributed by atoms with Gasteiger partial charge in [0.25, 0.3) is 5.56 Å². The van der Waals surface area contributed by atoms with Gasteiger partial charge in [-0.1, -0.05) is 12.8 Å². The third-order valence-electron chi connectivity index (χ3n) is 2.44. The summed E-state index contributed by atoms with van der Waals surface area (Å²) in [5, 5.41) is 3.18. The van der Waals surface area contributed by atoms with Gasteiger partial charge in [0, 0.05) is 12.6 Å². The standard InChI is InChI=1S/C12H21N3OS/c1-10-14-11(9-12(16)15-10)13-7-5-3-4-6-8-17-2/h9H,3-8H2,1-2H3,(H2,13,14,15,16). The second-order valence-electron chi connectivity index (χ2n) is 4.05. The lowest BCUT2D eigenvalue weighted by Crippen LogP contribution is -2.12. The Labute approximate surface area is 107 Å². The van der Waals surface area contributed by atoms with Gasteiger partial charge in [0.1, 0.15) is 11.6 Å². The third kappa shape index (κ3) is 6.36. The van der Waals surface area contributed by atoms with Crippen molar-refractivity contribution in [3.05, 3.63) is 22.2 Å². The molecule has 1 rings (SSSR count). The number of rotatable bonds is 8. The quantitative estimate of drug-likeness (QED) is 0.700. The first-order chi connectivity index (χ1) is 8.22. The Bertz CT molecular complexity index is 378. The minimum absolute atomic E-state index is 0.0972. The lowest BCUT2D eigenvalue weighted by atomic mass is 10.2. The zero-order valence-corrected chi connectivity index (χ0v) is 11.4. The SMILES string of the molecule is CSCCCCCCNc1cc(=O)[nH]c(C)n1. The molecule has 0 aromatic carbocycles. The van der Waals surface area contributed by atoms with Gasteiger partial charge in [-0.2, -0.15) is 11.8 Å². The normalized spacial score (nSPS) is 10.5. The molecule has 1 aromatic heterocycles. The van der Waals surface area contributed by atoms with Crippen LogP contribution in [-0.4, -0.2) is 28.5 Å². The molecule has 0 aliphatic carbocycles. The maximum Gasteiger partial charge on any atom is 0.252 e. The van der Waals surface area contributed by atoms with E-state index in [4.69, 9.17) is 0 Å². The topological polar surface area (TPSA) is 57.8 Å². The summed E-state index contributed by atoms with van der Waals surface area (Å²) in [7, 11) is 0. The van der Waals surface area contributed by atoms with Gasteiger partial charge < -0.3 is 10.3 Å². The molecular formula is C12H21N3OS. The van der Waals surface area contributed by atoms with Gasteiger partial charge in [-0.15, -0.1) is 0 Å². The number of anilines is 1. The van der Waals surface area contributed by atoms with Crippen molar-refractivity contribution >= 4 is 17.6 Å². The lowest BCUT2D eigenvalue weighted by molar-refractivity contribution is 0.688. The van der Waals surface area contributed by atoms with Gasteiger partial charge >= 0.3 is 0 Å². The maximum absolute atomic E-state index is 11.2. The molecule has 5 heteroatoms. The van der Waals surface area contributed by atoms with Crippen LogP contribution in [-0.2, 0) is 0 Å². The fourth-order valence-electron chi connectivity index (χ4n) is 1.61. The summed E-state index contributed by atoms with van der Waals surface area (Å²) in [4.78, 5) is 18.0. The number of thioether (sulfide) groups is 1. The number of hydrogen-bond donors (Lipinski definition) is 2. The predicted molar refractivity (Wildman–Crippen MR) is 74.9 cm³/mol. The summed E-state index contributed by atoms with van der Waals surface area (Å²) in [5.74, 6) is 2.58. The molecule has 0 aliphatic heterocycles. The summed E-state index contributed by atoms with van der Waals surface area (Å²) in [6.07, 6.45) is 7.08. The highest BCUT2D eigenvalue weighted by atomic mass is 32.2. The Hall–Kier alpha value is -0.970. The molecule has 0 spiro atoms. The average Bonchev–Trinajstić information content (AvgIpc) is 2.26. The second-order valence-corrected chi connectivity index (χ2v) is 5.04. The molecule has 0 saturated heterocycles. The monoisotopic (exact) mass is 255 g/mol. The van der Waals surface area contributed by atoms with Gasteiger partial charge in [-0.05, 0) is 31.8 Å². The highest BCUT2D eigenvalue weighted by Crippen LogP contribution is 2.05. The van der Waals surface area contributed by atoms with Crippen LogP contribution in [0.2, 0.25) is 0 Å². The van der Waals surface area contributed by atoms with E-state index in [-0.39, 0.29) is 5.56 Å². The van der Waals surface area contributed by atoms with E-state index in [1.54, 1.807) is 6.92 Å². The molecule has 0 saturated carbocycles. The van der Waals surface area contributed by atoms with Crippen molar-refractivity contribution in [3.8, 4) is 0 Å². The van der Waals surface area contributed by atoms with Crippen LogP contribution in [0.25, 0.3) is 0 Å². The Morgan fingerprint density at radius 1 is 1.35 bits per heavy atom. The fourth-order valence-corrected chi connectivity index (χ4v) is 2.10. The lowest BCUT2D eigenvalue weighted by Gasteiger charge is -2.05. The van der Waals surface area contributed by atoms with E-state index >= 15 is 0 Å². The van der Waals surface area contributed by atoms with Crippen molar-refractivity contribution in [2.45, 2.75) is 32.6 Å². The minimum Gasteiger partial charge on any atom is -0.370 e. The van der Waals surface area contributed by atoms with E-state index in [0.717, 1.165) is 13.0 Å². The molecule has 0 atom stereocenters. The Morgan fingerprint density at radius 3 is 2.82 bits per heavy atom. The summed E-state index contributed by atoms with van der Waals surface area (Å²) in [6, 6.07) is 1.50. The number of aromatic amines is 1. The van der Waals surface area contributed by atoms with E-state index in [1.807, 2.05) is 11.8 Å². The number of aryl methyl sites for hydroxylation is 1. The van der Waals surface area contributed by atoms with Crippen molar-refractivity contribution in [2.24, 2.45) is 0 Å². The highest BCUT2D eigenvalue weighted by Gasteiger charge is 1.96. The largest absolute Gasteiger partial charge is 0.370 e. The van der Waals surface area contributed by atoms with E-state index in [2.05, 4.69) is 21.5 Å². The smallest absolute Gasteiger partial charge is 0.252 e. The van der Waals surface area contributed by atoms with E-state index in [1.165, 1.54) is 31.1 Å².